The first-order valence-corrected chi connectivity index (χ1v) is 8.66. The molecule has 7 heteroatoms. The molecule has 1 aromatic carbocycles. The number of hydrogen-bond acceptors (Lipinski definition) is 4. The van der Waals surface area contributed by atoms with Crippen LogP contribution in [-0.2, 0) is 14.8 Å². The summed E-state index contributed by atoms with van der Waals surface area (Å²) in [5, 5.41) is 11.6. The molecule has 6 nitrogen and oxygen atoms in total. The second-order valence-corrected chi connectivity index (χ2v) is 7.91. The van der Waals surface area contributed by atoms with E-state index in [1.807, 2.05) is 6.07 Å². The molecule has 22 heavy (non-hydrogen) atoms. The maximum Gasteiger partial charge on any atom is 0.232 e. The summed E-state index contributed by atoms with van der Waals surface area (Å²) in [6.07, 6.45) is 1.09. The first-order valence-electron chi connectivity index (χ1n) is 6.82. The van der Waals surface area contributed by atoms with E-state index in [1.54, 1.807) is 39.0 Å². The fourth-order valence-electron chi connectivity index (χ4n) is 1.75. The van der Waals surface area contributed by atoms with Crippen LogP contribution >= 0.6 is 0 Å². The fraction of sp³-hybridized carbons (Fsp3) is 0.467. The Morgan fingerprint density at radius 3 is 2.50 bits per heavy atom. The van der Waals surface area contributed by atoms with Crippen LogP contribution in [0.3, 0.4) is 0 Å². The van der Waals surface area contributed by atoms with E-state index < -0.39 is 15.4 Å². The van der Waals surface area contributed by atoms with Gasteiger partial charge < -0.3 is 5.32 Å². The van der Waals surface area contributed by atoms with Crippen LogP contribution in [0.5, 0.6) is 0 Å². The molecule has 0 bridgehead atoms. The molecule has 0 aromatic heterocycles. The molecule has 0 atom stereocenters. The van der Waals surface area contributed by atoms with Crippen LogP contribution in [0.1, 0.15) is 26.3 Å². The van der Waals surface area contributed by atoms with Gasteiger partial charge in [-0.2, -0.15) is 5.26 Å². The lowest BCUT2D eigenvalue weighted by atomic mass is 9.96. The van der Waals surface area contributed by atoms with E-state index in [0.717, 1.165) is 6.26 Å². The quantitative estimate of drug-likeness (QED) is 0.889. The van der Waals surface area contributed by atoms with Gasteiger partial charge >= 0.3 is 0 Å². The highest BCUT2D eigenvalue weighted by Gasteiger charge is 2.22. The first-order chi connectivity index (χ1) is 10.1. The zero-order chi connectivity index (χ0) is 17.0. The van der Waals surface area contributed by atoms with Crippen LogP contribution in [-0.4, -0.2) is 33.7 Å². The molecule has 1 rings (SSSR count). The summed E-state index contributed by atoms with van der Waals surface area (Å²) in [5.74, 6) is -0.147. The third kappa shape index (κ3) is 5.04. The number of nitrogens with zero attached hydrogens (tertiary/aromatic N) is 2. The van der Waals surface area contributed by atoms with Crippen molar-refractivity contribution in [3.63, 3.8) is 0 Å². The Morgan fingerprint density at radius 1 is 1.36 bits per heavy atom. The zero-order valence-corrected chi connectivity index (χ0v) is 14.1. The van der Waals surface area contributed by atoms with Crippen LogP contribution in [0.25, 0.3) is 0 Å². The van der Waals surface area contributed by atoms with Crippen molar-refractivity contribution in [1.29, 1.82) is 5.26 Å². The van der Waals surface area contributed by atoms with Crippen LogP contribution in [0, 0.1) is 16.7 Å². The molecule has 0 aliphatic carbocycles. The number of benzene rings is 1. The molecule has 0 aliphatic rings. The van der Waals surface area contributed by atoms with Gasteiger partial charge in [0, 0.05) is 12.0 Å². The highest BCUT2D eigenvalue weighted by molar-refractivity contribution is 7.92. The molecule has 0 aliphatic heterocycles. The molecule has 0 spiro atoms. The molecule has 0 saturated heterocycles. The Labute approximate surface area is 131 Å². The number of sulfonamides is 1. The van der Waals surface area contributed by atoms with E-state index in [9.17, 15) is 13.2 Å². The van der Waals surface area contributed by atoms with Gasteiger partial charge in [0.15, 0.2) is 0 Å². The van der Waals surface area contributed by atoms with Crippen molar-refractivity contribution in [2.45, 2.75) is 20.8 Å². The largest absolute Gasteiger partial charge is 0.354 e. The summed E-state index contributed by atoms with van der Waals surface area (Å²) >= 11 is 0. The van der Waals surface area contributed by atoms with Crippen LogP contribution in [0.2, 0.25) is 0 Å². The molecular formula is C15H21N3O3S. The number of nitriles is 1. The monoisotopic (exact) mass is 323 g/mol. The van der Waals surface area contributed by atoms with E-state index in [2.05, 4.69) is 5.32 Å². The molecule has 0 fully saturated rings. The predicted molar refractivity (Wildman–Crippen MR) is 85.8 cm³/mol. The van der Waals surface area contributed by atoms with Gasteiger partial charge in [0.05, 0.1) is 30.1 Å². The summed E-state index contributed by atoms with van der Waals surface area (Å²) in [5.41, 5.74) is 0.257. The minimum absolute atomic E-state index is 0.107. The van der Waals surface area contributed by atoms with Crippen molar-refractivity contribution < 1.29 is 13.2 Å². The summed E-state index contributed by atoms with van der Waals surface area (Å²) in [4.78, 5) is 11.8. The van der Waals surface area contributed by atoms with Gasteiger partial charge in [-0.05, 0) is 18.2 Å². The number of carbonyl (C=O) groups excluding carboxylic acids is 1. The summed E-state index contributed by atoms with van der Waals surface area (Å²) < 4.78 is 25.0. The molecule has 120 valence electrons. The van der Waals surface area contributed by atoms with Gasteiger partial charge in [-0.15, -0.1) is 0 Å². The Hall–Kier alpha value is -2.07. The molecule has 1 aromatic rings. The van der Waals surface area contributed by atoms with E-state index in [-0.39, 0.29) is 19.0 Å². The molecule has 0 heterocycles. The summed E-state index contributed by atoms with van der Waals surface area (Å²) in [6, 6.07) is 8.33. The van der Waals surface area contributed by atoms with Gasteiger partial charge in [-0.25, -0.2) is 8.42 Å². The van der Waals surface area contributed by atoms with Gasteiger partial charge in [-0.3, -0.25) is 9.10 Å². The lowest BCUT2D eigenvalue weighted by molar-refractivity contribution is -0.128. The van der Waals surface area contributed by atoms with E-state index in [0.29, 0.717) is 11.3 Å². The van der Waals surface area contributed by atoms with E-state index in [1.165, 1.54) is 10.4 Å². The van der Waals surface area contributed by atoms with Gasteiger partial charge in [0.25, 0.3) is 0 Å². The topological polar surface area (TPSA) is 90.3 Å². The highest BCUT2D eigenvalue weighted by atomic mass is 32.2. The summed E-state index contributed by atoms with van der Waals surface area (Å²) in [6.45, 7) is 5.66. The van der Waals surface area contributed by atoms with E-state index >= 15 is 0 Å². The molecule has 0 radical (unpaired) electrons. The molecule has 1 amide bonds. The SMILES string of the molecule is CC(C)(C)C(=O)NCCN(c1cccc(C#N)c1)S(C)(=O)=O. The maximum atomic E-state index is 11.9. The Morgan fingerprint density at radius 2 is 2.00 bits per heavy atom. The van der Waals surface area contributed by atoms with Crippen LogP contribution in [0.15, 0.2) is 24.3 Å². The number of anilines is 1. The van der Waals surface area contributed by atoms with Crippen molar-refractivity contribution in [1.82, 2.24) is 5.32 Å². The molecule has 1 N–H and O–H groups in total. The van der Waals surface area contributed by atoms with Crippen molar-refractivity contribution in [2.24, 2.45) is 5.41 Å². The lowest BCUT2D eigenvalue weighted by Gasteiger charge is -2.24. The standard InChI is InChI=1S/C15H21N3O3S/c1-15(2,3)14(19)17-8-9-18(22(4,20)21)13-7-5-6-12(10-13)11-16/h5-7,10H,8-9H2,1-4H3,(H,17,19). The van der Waals surface area contributed by atoms with Gasteiger partial charge in [0.2, 0.25) is 15.9 Å². The normalized spacial score (nSPS) is 11.6. The van der Waals surface area contributed by atoms with Crippen LogP contribution in [0.4, 0.5) is 5.69 Å². The number of rotatable bonds is 5. The highest BCUT2D eigenvalue weighted by Crippen LogP contribution is 2.18. The maximum absolute atomic E-state index is 11.9. The number of nitrogens with one attached hydrogen (secondary N) is 1. The van der Waals surface area contributed by atoms with Crippen molar-refractivity contribution in [3.05, 3.63) is 29.8 Å². The average molecular weight is 323 g/mol. The van der Waals surface area contributed by atoms with Crippen molar-refractivity contribution in [2.75, 3.05) is 23.7 Å². The average Bonchev–Trinajstić information content (AvgIpc) is 2.40. The minimum atomic E-state index is -3.50. The second-order valence-electron chi connectivity index (χ2n) is 6.00. The third-order valence-electron chi connectivity index (χ3n) is 2.95. The minimum Gasteiger partial charge on any atom is -0.354 e. The molecule has 0 saturated carbocycles. The van der Waals surface area contributed by atoms with Crippen molar-refractivity contribution in [3.8, 4) is 6.07 Å². The Kier molecular flexibility index (Phi) is 5.55. The van der Waals surface area contributed by atoms with Gasteiger partial charge in [-0.1, -0.05) is 26.8 Å². The number of amides is 1. The molecule has 0 unspecified atom stereocenters. The number of hydrogen-bond donors (Lipinski definition) is 1. The number of carbonyl (C=O) groups is 1. The fourth-order valence-corrected chi connectivity index (χ4v) is 2.67. The smallest absolute Gasteiger partial charge is 0.232 e. The van der Waals surface area contributed by atoms with Crippen molar-refractivity contribution >= 4 is 21.6 Å². The second kappa shape index (κ2) is 6.79. The Bertz CT molecular complexity index is 685. The Balaban J connectivity index is 2.88. The summed E-state index contributed by atoms with van der Waals surface area (Å²) in [7, 11) is -3.50. The predicted octanol–water partition coefficient (Wildman–Crippen LogP) is 1.49. The zero-order valence-electron chi connectivity index (χ0n) is 13.3. The van der Waals surface area contributed by atoms with E-state index in [4.69, 9.17) is 5.26 Å². The van der Waals surface area contributed by atoms with Crippen LogP contribution < -0.4 is 9.62 Å². The molecular weight excluding hydrogens is 302 g/mol. The van der Waals surface area contributed by atoms with Gasteiger partial charge in [0.1, 0.15) is 0 Å². The lowest BCUT2D eigenvalue weighted by Crippen LogP contribution is -2.41. The third-order valence-corrected chi connectivity index (χ3v) is 4.14. The first kappa shape index (κ1) is 18.0.